The second-order valence-electron chi connectivity index (χ2n) is 6.69. The van der Waals surface area contributed by atoms with Crippen molar-refractivity contribution in [2.45, 2.75) is 26.3 Å². The number of carbonyl (C=O) groups is 1. The molecule has 3 nitrogen and oxygen atoms in total. The first-order valence-electron chi connectivity index (χ1n) is 8.66. The van der Waals surface area contributed by atoms with Gasteiger partial charge in [0.25, 0.3) is 0 Å². The summed E-state index contributed by atoms with van der Waals surface area (Å²) >= 11 is 11.9. The van der Waals surface area contributed by atoms with Gasteiger partial charge in [-0.15, -0.1) is 0 Å². The van der Waals surface area contributed by atoms with Crippen molar-refractivity contribution in [1.82, 2.24) is 4.90 Å². The zero-order valence-corrected chi connectivity index (χ0v) is 16.1. The van der Waals surface area contributed by atoms with Crippen LogP contribution in [-0.2, 0) is 11.3 Å². The first kappa shape index (κ1) is 19.2. The predicted molar refractivity (Wildman–Crippen MR) is 104 cm³/mol. The van der Waals surface area contributed by atoms with Crippen molar-refractivity contribution in [2.75, 3.05) is 18.4 Å². The molecule has 1 aliphatic rings. The Morgan fingerprint density at radius 1 is 1.23 bits per heavy atom. The summed E-state index contributed by atoms with van der Waals surface area (Å²) in [7, 11) is 0. The number of amides is 1. The molecule has 0 atom stereocenters. The van der Waals surface area contributed by atoms with E-state index in [-0.39, 0.29) is 17.6 Å². The van der Waals surface area contributed by atoms with Crippen molar-refractivity contribution in [3.63, 3.8) is 0 Å². The summed E-state index contributed by atoms with van der Waals surface area (Å²) in [4.78, 5) is 14.7. The molecule has 0 spiro atoms. The normalized spacial score (nSPS) is 15.8. The molecule has 1 amide bonds. The maximum atomic E-state index is 13.9. The monoisotopic (exact) mass is 394 g/mol. The van der Waals surface area contributed by atoms with Crippen LogP contribution < -0.4 is 5.32 Å². The molecule has 0 radical (unpaired) electrons. The van der Waals surface area contributed by atoms with Gasteiger partial charge in [-0.3, -0.25) is 9.69 Å². The molecule has 0 unspecified atom stereocenters. The maximum Gasteiger partial charge on any atom is 0.227 e. The lowest BCUT2D eigenvalue weighted by Gasteiger charge is -2.31. The van der Waals surface area contributed by atoms with Crippen molar-refractivity contribution in [2.24, 2.45) is 5.92 Å². The van der Waals surface area contributed by atoms with Crippen LogP contribution in [0.1, 0.15) is 24.0 Å². The van der Waals surface area contributed by atoms with E-state index in [0.717, 1.165) is 37.2 Å². The highest BCUT2D eigenvalue weighted by Crippen LogP contribution is 2.26. The Morgan fingerprint density at radius 3 is 2.65 bits per heavy atom. The van der Waals surface area contributed by atoms with Crippen LogP contribution in [0.2, 0.25) is 10.0 Å². The molecule has 0 aliphatic carbocycles. The number of nitrogens with one attached hydrogen (secondary N) is 1. The van der Waals surface area contributed by atoms with Crippen molar-refractivity contribution < 1.29 is 9.18 Å². The van der Waals surface area contributed by atoms with Gasteiger partial charge in [0.05, 0.1) is 0 Å². The van der Waals surface area contributed by atoms with Gasteiger partial charge >= 0.3 is 0 Å². The molecule has 0 saturated carbocycles. The van der Waals surface area contributed by atoms with Gasteiger partial charge in [-0.25, -0.2) is 4.39 Å². The van der Waals surface area contributed by atoms with Gasteiger partial charge in [-0.1, -0.05) is 35.3 Å². The SMILES string of the molecule is Cc1c(Cl)cccc1NC(=O)C1CCN(Cc2ccc(Cl)cc2F)CC1. The molecule has 2 aromatic carbocycles. The maximum absolute atomic E-state index is 13.9. The number of piperidine rings is 1. The Kier molecular flexibility index (Phi) is 6.17. The fraction of sp³-hybridized carbons (Fsp3) is 0.350. The Morgan fingerprint density at radius 2 is 1.96 bits per heavy atom. The molecule has 0 bridgehead atoms. The van der Waals surface area contributed by atoms with Crippen LogP contribution in [0.3, 0.4) is 0 Å². The Balaban J connectivity index is 1.54. The lowest BCUT2D eigenvalue weighted by atomic mass is 9.95. The van der Waals surface area contributed by atoms with Gasteiger partial charge in [0, 0.05) is 33.8 Å². The van der Waals surface area contributed by atoms with Gasteiger partial charge < -0.3 is 5.32 Å². The molecule has 3 rings (SSSR count). The number of hydrogen-bond acceptors (Lipinski definition) is 2. The standard InChI is InChI=1S/C20H21Cl2FN2O/c1-13-17(22)3-2-4-19(13)24-20(26)14-7-9-25(10-8-14)12-15-5-6-16(21)11-18(15)23/h2-6,11,14H,7-10,12H2,1H3,(H,24,26). The number of nitrogens with zero attached hydrogens (tertiary/aromatic N) is 1. The summed E-state index contributed by atoms with van der Waals surface area (Å²) in [5.41, 5.74) is 2.26. The van der Waals surface area contributed by atoms with E-state index in [0.29, 0.717) is 22.2 Å². The summed E-state index contributed by atoms with van der Waals surface area (Å²) in [5, 5.41) is 4.03. The lowest BCUT2D eigenvalue weighted by Crippen LogP contribution is -2.38. The average Bonchev–Trinajstić information content (AvgIpc) is 2.62. The van der Waals surface area contributed by atoms with Crippen molar-refractivity contribution in [3.05, 3.63) is 63.4 Å². The fourth-order valence-electron chi connectivity index (χ4n) is 3.22. The molecular formula is C20H21Cl2FN2O. The molecule has 2 aromatic rings. The van der Waals surface area contributed by atoms with Crippen LogP contribution >= 0.6 is 23.2 Å². The summed E-state index contributed by atoms with van der Waals surface area (Å²) < 4.78 is 13.9. The van der Waals surface area contributed by atoms with Crippen LogP contribution in [0, 0.1) is 18.7 Å². The van der Waals surface area contributed by atoms with Gasteiger partial charge in [0.2, 0.25) is 5.91 Å². The molecule has 6 heteroatoms. The Labute approximate surface area is 163 Å². The quantitative estimate of drug-likeness (QED) is 0.763. The van der Waals surface area contributed by atoms with Gasteiger partial charge in [0.15, 0.2) is 0 Å². The molecule has 1 saturated heterocycles. The molecule has 1 fully saturated rings. The van der Waals surface area contributed by atoms with E-state index < -0.39 is 0 Å². The molecule has 1 heterocycles. The van der Waals surface area contributed by atoms with Crippen LogP contribution in [-0.4, -0.2) is 23.9 Å². The third kappa shape index (κ3) is 4.56. The lowest BCUT2D eigenvalue weighted by molar-refractivity contribution is -0.121. The van der Waals surface area contributed by atoms with E-state index in [1.165, 1.54) is 6.07 Å². The molecular weight excluding hydrogens is 374 g/mol. The fourth-order valence-corrected chi connectivity index (χ4v) is 3.56. The van der Waals surface area contributed by atoms with E-state index in [4.69, 9.17) is 23.2 Å². The van der Waals surface area contributed by atoms with Crippen molar-refractivity contribution >= 4 is 34.8 Å². The highest BCUT2D eigenvalue weighted by Gasteiger charge is 2.25. The first-order valence-corrected chi connectivity index (χ1v) is 9.42. The number of anilines is 1. The second kappa shape index (κ2) is 8.38. The van der Waals surface area contributed by atoms with E-state index in [1.54, 1.807) is 18.2 Å². The smallest absolute Gasteiger partial charge is 0.227 e. The number of likely N-dealkylation sites (tertiary alicyclic amines) is 1. The van der Waals surface area contributed by atoms with Crippen LogP contribution in [0.25, 0.3) is 0 Å². The highest BCUT2D eigenvalue weighted by molar-refractivity contribution is 6.31. The number of benzene rings is 2. The van der Waals surface area contributed by atoms with E-state index in [9.17, 15) is 9.18 Å². The summed E-state index contributed by atoms with van der Waals surface area (Å²) in [5.74, 6) is -0.304. The van der Waals surface area contributed by atoms with Gasteiger partial charge in [-0.2, -0.15) is 0 Å². The predicted octanol–water partition coefficient (Wildman–Crippen LogP) is 5.29. The third-order valence-electron chi connectivity index (χ3n) is 4.89. The highest BCUT2D eigenvalue weighted by atomic mass is 35.5. The molecule has 138 valence electrons. The minimum Gasteiger partial charge on any atom is -0.326 e. The number of rotatable bonds is 4. The largest absolute Gasteiger partial charge is 0.326 e. The molecule has 1 N–H and O–H groups in total. The summed E-state index contributed by atoms with van der Waals surface area (Å²) in [6.45, 7) is 3.94. The van der Waals surface area contributed by atoms with E-state index >= 15 is 0 Å². The van der Waals surface area contributed by atoms with E-state index in [1.807, 2.05) is 19.1 Å². The topological polar surface area (TPSA) is 32.3 Å². The summed E-state index contributed by atoms with van der Waals surface area (Å²) in [6.07, 6.45) is 1.50. The van der Waals surface area contributed by atoms with Crippen LogP contribution in [0.5, 0.6) is 0 Å². The zero-order chi connectivity index (χ0) is 18.7. The van der Waals surface area contributed by atoms with Gasteiger partial charge in [0.1, 0.15) is 5.82 Å². The van der Waals surface area contributed by atoms with Crippen molar-refractivity contribution in [3.8, 4) is 0 Å². The number of hydrogen-bond donors (Lipinski definition) is 1. The van der Waals surface area contributed by atoms with Gasteiger partial charge in [-0.05, 0) is 62.7 Å². The minimum atomic E-state index is -0.284. The number of halogens is 3. The van der Waals surface area contributed by atoms with E-state index in [2.05, 4.69) is 10.2 Å². The van der Waals surface area contributed by atoms with Crippen LogP contribution in [0.15, 0.2) is 36.4 Å². The Bertz CT molecular complexity index is 804. The van der Waals surface area contributed by atoms with Crippen molar-refractivity contribution in [1.29, 1.82) is 0 Å². The zero-order valence-electron chi connectivity index (χ0n) is 14.6. The molecule has 1 aliphatic heterocycles. The number of carbonyl (C=O) groups excluding carboxylic acids is 1. The third-order valence-corrected chi connectivity index (χ3v) is 5.54. The molecule has 26 heavy (non-hydrogen) atoms. The average molecular weight is 395 g/mol. The molecule has 0 aromatic heterocycles. The summed E-state index contributed by atoms with van der Waals surface area (Å²) in [6, 6.07) is 10.3. The van der Waals surface area contributed by atoms with Crippen LogP contribution in [0.4, 0.5) is 10.1 Å². The minimum absolute atomic E-state index is 0.0210. The second-order valence-corrected chi connectivity index (χ2v) is 7.53. The first-order chi connectivity index (χ1) is 12.4. The Hall–Kier alpha value is -1.62.